The molecule has 5 nitrogen and oxygen atoms in total. The van der Waals surface area contributed by atoms with Gasteiger partial charge in [-0.15, -0.1) is 0 Å². The van der Waals surface area contributed by atoms with Crippen molar-refractivity contribution >= 4 is 50.8 Å². The van der Waals surface area contributed by atoms with E-state index >= 15 is 4.57 Å². The maximum absolute atomic E-state index is 15.0. The van der Waals surface area contributed by atoms with Gasteiger partial charge in [-0.05, 0) is 32.9 Å². The fraction of sp³-hybridized carbons (Fsp3) is 0. The molecule has 5 aromatic rings. The minimum Gasteiger partial charge on any atom is -0.404 e. The first-order valence-electron chi connectivity index (χ1n) is 12.2. The zero-order chi connectivity index (χ0) is 26.5. The molecule has 0 amide bonds. The van der Waals surface area contributed by atoms with E-state index in [9.17, 15) is 9.59 Å². The Balaban J connectivity index is 1.70. The summed E-state index contributed by atoms with van der Waals surface area (Å²) in [7, 11) is -12.6. The Morgan fingerprint density at radius 1 is 0.421 bits per heavy atom. The van der Waals surface area contributed by atoms with E-state index in [1.807, 2.05) is 24.3 Å². The fourth-order valence-corrected chi connectivity index (χ4v) is 13.9. The van der Waals surface area contributed by atoms with E-state index in [0.717, 1.165) is 0 Å². The Bertz CT molecular complexity index is 1330. The van der Waals surface area contributed by atoms with Crippen molar-refractivity contribution in [2.24, 2.45) is 0 Å². The number of hydrogen-bond acceptors (Lipinski definition) is 5. The van der Waals surface area contributed by atoms with E-state index in [2.05, 4.69) is 0 Å². The number of rotatable bonds is 9. The molecular weight excluding hydrogens is 527 g/mol. The summed E-state index contributed by atoms with van der Waals surface area (Å²) in [6.07, 6.45) is 0. The van der Waals surface area contributed by atoms with Gasteiger partial charge in [-0.2, -0.15) is 0 Å². The van der Waals surface area contributed by atoms with Crippen LogP contribution in [0.2, 0.25) is 0 Å². The molecule has 0 saturated heterocycles. The summed E-state index contributed by atoms with van der Waals surface area (Å²) in [5, 5.41) is 2.29. The third-order valence-electron chi connectivity index (χ3n) is 6.24. The van der Waals surface area contributed by atoms with Crippen molar-refractivity contribution in [3.63, 3.8) is 0 Å². The maximum Gasteiger partial charge on any atom is 0.411 e. The monoisotopic (exact) mass is 554 g/mol. The smallest absolute Gasteiger partial charge is 0.404 e. The van der Waals surface area contributed by atoms with Crippen molar-refractivity contribution in [3.05, 3.63) is 152 Å². The molecule has 8 heteroatoms. The molecule has 2 N–H and O–H groups in total. The average Bonchev–Trinajstić information content (AvgIpc) is 2.99. The first kappa shape index (κ1) is 26.2. The Labute approximate surface area is 224 Å². The number of benzene rings is 5. The minimum absolute atomic E-state index is 0.246. The van der Waals surface area contributed by atoms with E-state index in [1.54, 1.807) is 127 Å². The summed E-state index contributed by atoms with van der Waals surface area (Å²) in [6, 6.07) is 44.3. The summed E-state index contributed by atoms with van der Waals surface area (Å²) in [5.41, 5.74) is 0. The lowest BCUT2D eigenvalue weighted by Gasteiger charge is -2.35. The molecule has 0 spiro atoms. The van der Waals surface area contributed by atoms with E-state index < -0.39 is 24.7 Å². The predicted octanol–water partition coefficient (Wildman–Crippen LogP) is 3.04. The highest BCUT2D eigenvalue weighted by molar-refractivity contribution is 7.65. The zero-order valence-electron chi connectivity index (χ0n) is 20.5. The lowest BCUT2D eigenvalue weighted by Crippen LogP contribution is -2.64. The van der Waals surface area contributed by atoms with Crippen molar-refractivity contribution < 1.29 is 22.6 Å². The summed E-state index contributed by atoms with van der Waals surface area (Å²) in [6.45, 7) is 0. The molecular formula is C30H27O5PSi2. The summed E-state index contributed by atoms with van der Waals surface area (Å²) in [4.78, 5) is 24.6. The van der Waals surface area contributed by atoms with E-state index in [4.69, 9.17) is 8.43 Å². The highest BCUT2D eigenvalue weighted by Crippen LogP contribution is 2.51. The summed E-state index contributed by atoms with van der Waals surface area (Å²) < 4.78 is 27.9. The highest BCUT2D eigenvalue weighted by Gasteiger charge is 2.52. The van der Waals surface area contributed by atoms with Crippen molar-refractivity contribution in [2.45, 2.75) is 0 Å². The second kappa shape index (κ2) is 11.1. The summed E-state index contributed by atoms with van der Waals surface area (Å²) in [5.74, 6) is 0. The molecule has 0 saturated carbocycles. The molecule has 0 aromatic heterocycles. The Morgan fingerprint density at radius 2 is 0.658 bits per heavy atom. The van der Waals surface area contributed by atoms with Crippen molar-refractivity contribution in [3.8, 4) is 0 Å². The van der Waals surface area contributed by atoms with Gasteiger partial charge < -0.3 is 18.0 Å². The Morgan fingerprint density at radius 3 is 0.921 bits per heavy atom. The SMILES string of the molecule is O=P(O[Si](O)(c1ccccc1)c1ccccc1)(O[Si](O)(c1ccccc1)c1ccccc1)c1ccccc1. The third kappa shape index (κ3) is 5.27. The van der Waals surface area contributed by atoms with Crippen LogP contribution in [0.3, 0.4) is 0 Å². The van der Waals surface area contributed by atoms with Gasteiger partial charge in [0.2, 0.25) is 0 Å². The van der Waals surface area contributed by atoms with Gasteiger partial charge in [-0.3, -0.25) is 4.57 Å². The van der Waals surface area contributed by atoms with Crippen LogP contribution in [0, 0.1) is 0 Å². The molecule has 5 aromatic carbocycles. The molecule has 0 atom stereocenters. The van der Waals surface area contributed by atoms with Crippen LogP contribution in [-0.4, -0.2) is 26.7 Å². The summed E-state index contributed by atoms with van der Waals surface area (Å²) >= 11 is 0. The van der Waals surface area contributed by atoms with Gasteiger partial charge >= 0.3 is 24.7 Å². The molecule has 5 rings (SSSR count). The van der Waals surface area contributed by atoms with E-state index in [1.165, 1.54) is 0 Å². The standard InChI is InChI=1S/C30H27O5PSi2/c31-36(26-16-6-1-7-17-26,34-37(32,27-18-8-2-9-19-27)28-20-10-3-11-21-28)35-38(33,29-22-12-4-13-23-29)30-24-14-5-15-25-30/h1-25,32-33H. The molecule has 0 aliphatic rings. The normalized spacial score (nSPS) is 12.3. The second-order valence-electron chi connectivity index (χ2n) is 8.77. The molecule has 190 valence electrons. The van der Waals surface area contributed by atoms with Gasteiger partial charge in [0.05, 0.1) is 5.30 Å². The van der Waals surface area contributed by atoms with Gasteiger partial charge in [0.15, 0.2) is 0 Å². The van der Waals surface area contributed by atoms with Crippen molar-refractivity contribution in [2.75, 3.05) is 0 Å². The van der Waals surface area contributed by atoms with Crippen LogP contribution < -0.4 is 26.1 Å². The molecule has 0 unspecified atom stereocenters. The zero-order valence-corrected chi connectivity index (χ0v) is 23.4. The molecule has 0 aliphatic heterocycles. The highest BCUT2D eigenvalue weighted by atomic mass is 31.2. The van der Waals surface area contributed by atoms with Crippen LogP contribution in [0.1, 0.15) is 0 Å². The fourth-order valence-electron chi connectivity index (χ4n) is 4.28. The van der Waals surface area contributed by atoms with Crippen LogP contribution in [-0.2, 0) is 13.0 Å². The molecule has 0 fully saturated rings. The molecule has 0 aliphatic carbocycles. The van der Waals surface area contributed by atoms with Gasteiger partial charge in [0, 0.05) is 0 Å². The quantitative estimate of drug-likeness (QED) is 0.217. The average molecular weight is 555 g/mol. The maximum atomic E-state index is 15.0. The predicted molar refractivity (Wildman–Crippen MR) is 156 cm³/mol. The molecule has 38 heavy (non-hydrogen) atoms. The number of hydrogen-bond donors (Lipinski definition) is 2. The molecule has 0 heterocycles. The lowest BCUT2D eigenvalue weighted by atomic mass is 10.4. The third-order valence-corrected chi connectivity index (χ3v) is 15.7. The van der Waals surface area contributed by atoms with Crippen molar-refractivity contribution in [1.29, 1.82) is 0 Å². The van der Waals surface area contributed by atoms with Gasteiger partial charge in [0.25, 0.3) is 0 Å². The van der Waals surface area contributed by atoms with Gasteiger partial charge in [-0.1, -0.05) is 140 Å². The molecule has 0 radical (unpaired) electrons. The first-order chi connectivity index (χ1) is 18.4. The van der Waals surface area contributed by atoms with Gasteiger partial charge in [0.1, 0.15) is 0 Å². The van der Waals surface area contributed by atoms with Crippen LogP contribution in [0.5, 0.6) is 0 Å². The van der Waals surface area contributed by atoms with Crippen LogP contribution in [0.15, 0.2) is 152 Å². The van der Waals surface area contributed by atoms with Crippen LogP contribution in [0.4, 0.5) is 0 Å². The van der Waals surface area contributed by atoms with Crippen LogP contribution in [0.25, 0.3) is 0 Å². The van der Waals surface area contributed by atoms with Crippen molar-refractivity contribution in [1.82, 2.24) is 0 Å². The topological polar surface area (TPSA) is 76.0 Å². The van der Waals surface area contributed by atoms with Crippen LogP contribution >= 0.6 is 7.60 Å². The van der Waals surface area contributed by atoms with Gasteiger partial charge in [-0.25, -0.2) is 0 Å². The van der Waals surface area contributed by atoms with E-state index in [-0.39, 0.29) is 5.30 Å². The lowest BCUT2D eigenvalue weighted by molar-refractivity contribution is 0.326. The minimum atomic E-state index is -4.35. The molecule has 0 bridgehead atoms. The largest absolute Gasteiger partial charge is 0.411 e. The first-order valence-corrected chi connectivity index (χ1v) is 17.4. The Hall–Kier alpha value is -3.40. The second-order valence-corrected chi connectivity index (χ2v) is 16.6. The van der Waals surface area contributed by atoms with E-state index in [0.29, 0.717) is 20.7 Å². The Kier molecular flexibility index (Phi) is 7.69.